The molecule has 0 bridgehead atoms. The first-order chi connectivity index (χ1) is 13.6. The largest absolute Gasteiger partial charge is 0.497 e. The summed E-state index contributed by atoms with van der Waals surface area (Å²) in [4.78, 5) is 15.2. The lowest BCUT2D eigenvalue weighted by atomic mass is 9.94. The summed E-state index contributed by atoms with van der Waals surface area (Å²) in [7, 11) is 1.65. The number of carbonyl (C=O) groups is 1. The molecular formula is C23H26FNO3. The highest BCUT2D eigenvalue weighted by Gasteiger charge is 2.53. The number of ether oxygens (including phenoxy) is 2. The third-order valence-electron chi connectivity index (χ3n) is 6.00. The zero-order valence-electron chi connectivity index (χ0n) is 16.2. The van der Waals surface area contributed by atoms with Gasteiger partial charge in [-0.3, -0.25) is 4.79 Å². The van der Waals surface area contributed by atoms with Gasteiger partial charge in [0.1, 0.15) is 5.75 Å². The average molecular weight is 383 g/mol. The first-order valence-corrected chi connectivity index (χ1v) is 9.93. The highest BCUT2D eigenvalue weighted by atomic mass is 19.1. The Hall–Kier alpha value is -2.56. The minimum absolute atomic E-state index is 0.246. The summed E-state index contributed by atoms with van der Waals surface area (Å²) in [5, 5.41) is 0. The minimum Gasteiger partial charge on any atom is -0.497 e. The van der Waals surface area contributed by atoms with Gasteiger partial charge < -0.3 is 14.4 Å². The maximum absolute atomic E-state index is 13.6. The molecule has 2 aromatic carbocycles. The van der Waals surface area contributed by atoms with Crippen LogP contribution in [0.4, 0.5) is 4.39 Å². The van der Waals surface area contributed by atoms with E-state index >= 15 is 0 Å². The number of hydrogen-bond acceptors (Lipinski definition) is 3. The Bertz CT molecular complexity index is 832. The number of hydrogen-bond donors (Lipinski definition) is 0. The van der Waals surface area contributed by atoms with Crippen molar-refractivity contribution in [3.8, 4) is 11.5 Å². The molecule has 0 N–H and O–H groups in total. The number of likely N-dealkylation sites (tertiary alicyclic amines) is 1. The number of carbonyl (C=O) groups excluding carboxylic acids is 1. The van der Waals surface area contributed by atoms with E-state index in [1.54, 1.807) is 25.3 Å². The lowest BCUT2D eigenvalue weighted by Gasteiger charge is -2.24. The topological polar surface area (TPSA) is 38.8 Å². The Morgan fingerprint density at radius 3 is 2.61 bits per heavy atom. The molecule has 1 aliphatic heterocycles. The van der Waals surface area contributed by atoms with Crippen LogP contribution in [0.1, 0.15) is 31.2 Å². The summed E-state index contributed by atoms with van der Waals surface area (Å²) >= 11 is 0. The van der Waals surface area contributed by atoms with Gasteiger partial charge in [-0.25, -0.2) is 4.39 Å². The van der Waals surface area contributed by atoms with Crippen LogP contribution < -0.4 is 9.47 Å². The molecule has 4 rings (SSSR count). The van der Waals surface area contributed by atoms with E-state index in [4.69, 9.17) is 9.47 Å². The smallest absolute Gasteiger partial charge is 0.233 e. The van der Waals surface area contributed by atoms with Gasteiger partial charge in [-0.2, -0.15) is 0 Å². The molecule has 1 aliphatic carbocycles. The molecule has 1 saturated carbocycles. The van der Waals surface area contributed by atoms with E-state index in [0.717, 1.165) is 50.1 Å². The Morgan fingerprint density at radius 2 is 1.93 bits per heavy atom. The number of nitrogens with zero attached hydrogens (tertiary/aromatic N) is 1. The molecule has 1 heterocycles. The molecule has 0 spiro atoms. The molecule has 148 valence electrons. The van der Waals surface area contributed by atoms with Crippen LogP contribution in [-0.2, 0) is 10.2 Å². The molecule has 1 unspecified atom stereocenters. The number of halogens is 1. The normalized spacial score (nSPS) is 20.1. The molecule has 2 aromatic rings. The van der Waals surface area contributed by atoms with Crippen LogP contribution in [0.25, 0.3) is 0 Å². The second kappa shape index (κ2) is 7.82. The number of amides is 1. The first-order valence-electron chi connectivity index (χ1n) is 9.93. The fourth-order valence-corrected chi connectivity index (χ4v) is 4.11. The zero-order chi connectivity index (χ0) is 19.6. The number of para-hydroxylation sites is 1. The first kappa shape index (κ1) is 18.8. The van der Waals surface area contributed by atoms with Crippen LogP contribution in [0.5, 0.6) is 11.5 Å². The SMILES string of the molecule is COc1ccc(C2(C(=O)N3CCC(CCOc4ccccc4F)C3)CC2)cc1. The predicted molar refractivity (Wildman–Crippen MR) is 105 cm³/mol. The molecule has 0 radical (unpaired) electrons. The second-order valence-electron chi connectivity index (χ2n) is 7.78. The molecule has 2 aliphatic rings. The Kier molecular flexibility index (Phi) is 5.25. The molecule has 1 atom stereocenters. The second-order valence-corrected chi connectivity index (χ2v) is 7.78. The van der Waals surface area contributed by atoms with E-state index < -0.39 is 0 Å². The third kappa shape index (κ3) is 3.71. The van der Waals surface area contributed by atoms with Gasteiger partial charge in [0.25, 0.3) is 0 Å². The van der Waals surface area contributed by atoms with Crippen molar-refractivity contribution in [2.24, 2.45) is 5.92 Å². The molecule has 5 heteroatoms. The van der Waals surface area contributed by atoms with Crippen LogP contribution in [-0.4, -0.2) is 37.6 Å². The highest BCUT2D eigenvalue weighted by molar-refractivity contribution is 5.91. The summed E-state index contributed by atoms with van der Waals surface area (Å²) < 4.78 is 24.4. The molecule has 1 amide bonds. The van der Waals surface area contributed by atoms with Crippen molar-refractivity contribution in [1.82, 2.24) is 4.90 Å². The van der Waals surface area contributed by atoms with Gasteiger partial charge in [-0.1, -0.05) is 24.3 Å². The van der Waals surface area contributed by atoms with Crippen LogP contribution in [0.3, 0.4) is 0 Å². The summed E-state index contributed by atoms with van der Waals surface area (Å²) in [5.74, 6) is 1.42. The van der Waals surface area contributed by atoms with Crippen molar-refractivity contribution in [3.05, 3.63) is 59.9 Å². The maximum Gasteiger partial charge on any atom is 0.233 e. The van der Waals surface area contributed by atoms with Gasteiger partial charge in [-0.05, 0) is 61.4 Å². The zero-order valence-corrected chi connectivity index (χ0v) is 16.2. The van der Waals surface area contributed by atoms with Crippen LogP contribution >= 0.6 is 0 Å². The summed E-state index contributed by atoms with van der Waals surface area (Å²) in [6, 6.07) is 14.3. The Labute approximate surface area is 165 Å². The predicted octanol–water partition coefficient (Wildman–Crippen LogP) is 4.18. The minimum atomic E-state index is -0.342. The molecule has 28 heavy (non-hydrogen) atoms. The Balaban J connectivity index is 1.31. The molecular weight excluding hydrogens is 357 g/mol. The van der Waals surface area contributed by atoms with Crippen molar-refractivity contribution < 1.29 is 18.7 Å². The van der Waals surface area contributed by atoms with Crippen LogP contribution in [0.2, 0.25) is 0 Å². The quantitative estimate of drug-likeness (QED) is 0.720. The molecule has 2 fully saturated rings. The fourth-order valence-electron chi connectivity index (χ4n) is 4.11. The lowest BCUT2D eigenvalue weighted by molar-refractivity contribution is -0.133. The van der Waals surface area contributed by atoms with Crippen LogP contribution in [0.15, 0.2) is 48.5 Å². The number of methoxy groups -OCH3 is 1. The van der Waals surface area contributed by atoms with E-state index in [1.807, 2.05) is 29.2 Å². The van der Waals surface area contributed by atoms with Gasteiger partial charge >= 0.3 is 0 Å². The standard InChI is InChI=1S/C23H26FNO3/c1-27-19-8-6-18(7-9-19)23(12-13-23)22(26)25-14-10-17(16-25)11-15-28-21-5-3-2-4-20(21)24/h2-9,17H,10-16H2,1H3. The van der Waals surface area contributed by atoms with Crippen molar-refractivity contribution in [2.75, 3.05) is 26.8 Å². The van der Waals surface area contributed by atoms with Gasteiger partial charge in [-0.15, -0.1) is 0 Å². The molecule has 1 saturated heterocycles. The van der Waals surface area contributed by atoms with E-state index in [9.17, 15) is 9.18 Å². The van der Waals surface area contributed by atoms with Crippen molar-refractivity contribution in [2.45, 2.75) is 31.1 Å². The van der Waals surface area contributed by atoms with Gasteiger partial charge in [0.05, 0.1) is 19.1 Å². The highest BCUT2D eigenvalue weighted by Crippen LogP contribution is 2.50. The molecule has 4 nitrogen and oxygen atoms in total. The van der Waals surface area contributed by atoms with Crippen molar-refractivity contribution >= 4 is 5.91 Å². The van der Waals surface area contributed by atoms with E-state index in [2.05, 4.69) is 0 Å². The van der Waals surface area contributed by atoms with Gasteiger partial charge in [0, 0.05) is 13.1 Å². The van der Waals surface area contributed by atoms with Crippen LogP contribution in [0, 0.1) is 11.7 Å². The van der Waals surface area contributed by atoms with Gasteiger partial charge in [0.15, 0.2) is 11.6 Å². The van der Waals surface area contributed by atoms with Gasteiger partial charge in [0.2, 0.25) is 5.91 Å². The van der Waals surface area contributed by atoms with E-state index in [0.29, 0.717) is 18.3 Å². The molecule has 0 aromatic heterocycles. The Morgan fingerprint density at radius 1 is 1.18 bits per heavy atom. The van der Waals surface area contributed by atoms with E-state index in [1.165, 1.54) is 6.07 Å². The summed E-state index contributed by atoms with van der Waals surface area (Å²) in [6.07, 6.45) is 3.63. The summed E-state index contributed by atoms with van der Waals surface area (Å²) in [5.41, 5.74) is 0.745. The van der Waals surface area contributed by atoms with Crippen molar-refractivity contribution in [1.29, 1.82) is 0 Å². The average Bonchev–Trinajstić information content (AvgIpc) is 3.41. The maximum atomic E-state index is 13.6. The van der Waals surface area contributed by atoms with Crippen molar-refractivity contribution in [3.63, 3.8) is 0 Å². The lowest BCUT2D eigenvalue weighted by Crippen LogP contribution is -2.37. The number of rotatable bonds is 7. The summed E-state index contributed by atoms with van der Waals surface area (Å²) in [6.45, 7) is 2.02. The number of benzene rings is 2. The third-order valence-corrected chi connectivity index (χ3v) is 6.00. The fraction of sp³-hybridized carbons (Fsp3) is 0.435. The van der Waals surface area contributed by atoms with E-state index in [-0.39, 0.29) is 17.1 Å². The monoisotopic (exact) mass is 383 g/mol.